The number of halogens is 1. The van der Waals surface area contributed by atoms with E-state index >= 15 is 0 Å². The highest BCUT2D eigenvalue weighted by Crippen LogP contribution is 2.25. The molecule has 1 aliphatic heterocycles. The Bertz CT molecular complexity index is 1230. The number of nitrogens with zero attached hydrogens (tertiary/aromatic N) is 2. The van der Waals surface area contributed by atoms with E-state index in [1.807, 2.05) is 19.1 Å². The molecule has 1 atom stereocenters. The Morgan fingerprint density at radius 3 is 2.20 bits per heavy atom. The van der Waals surface area contributed by atoms with Crippen LogP contribution in [0.25, 0.3) is 0 Å². The van der Waals surface area contributed by atoms with Crippen molar-refractivity contribution in [3.05, 3.63) is 89.4 Å². The SMILES string of the molecule is CC(NC(=O)CN(c1ccccc1)S(=O)(=O)c1ccc(Cl)cc1)c1ccc(N2CCCCC2)cc1. The van der Waals surface area contributed by atoms with Gasteiger partial charge >= 0.3 is 0 Å². The molecule has 1 fully saturated rings. The summed E-state index contributed by atoms with van der Waals surface area (Å²) in [7, 11) is -3.98. The quantitative estimate of drug-likeness (QED) is 0.439. The molecule has 3 aromatic carbocycles. The lowest BCUT2D eigenvalue weighted by Gasteiger charge is -2.29. The maximum Gasteiger partial charge on any atom is 0.264 e. The fourth-order valence-electron chi connectivity index (χ4n) is 4.27. The number of rotatable bonds is 8. The van der Waals surface area contributed by atoms with Crippen LogP contribution < -0.4 is 14.5 Å². The van der Waals surface area contributed by atoms with Gasteiger partial charge in [0.25, 0.3) is 10.0 Å². The van der Waals surface area contributed by atoms with Crippen molar-refractivity contribution in [1.82, 2.24) is 5.32 Å². The minimum Gasteiger partial charge on any atom is -0.372 e. The summed E-state index contributed by atoms with van der Waals surface area (Å²) in [5.41, 5.74) is 2.57. The number of hydrogen-bond donors (Lipinski definition) is 1. The predicted molar refractivity (Wildman–Crippen MR) is 141 cm³/mol. The molecule has 8 heteroatoms. The summed E-state index contributed by atoms with van der Waals surface area (Å²) in [6.45, 7) is 3.70. The number of hydrogen-bond acceptors (Lipinski definition) is 4. The van der Waals surface area contributed by atoms with Crippen LogP contribution in [0.15, 0.2) is 83.8 Å². The normalized spacial score (nSPS) is 14.9. The van der Waals surface area contributed by atoms with Gasteiger partial charge in [0, 0.05) is 23.8 Å². The summed E-state index contributed by atoms with van der Waals surface area (Å²) in [6.07, 6.45) is 3.71. The average Bonchev–Trinajstić information content (AvgIpc) is 2.88. The van der Waals surface area contributed by atoms with Gasteiger partial charge in [-0.05, 0) is 80.3 Å². The Morgan fingerprint density at radius 1 is 0.943 bits per heavy atom. The van der Waals surface area contributed by atoms with Gasteiger partial charge < -0.3 is 10.2 Å². The molecule has 1 amide bonds. The summed E-state index contributed by atoms with van der Waals surface area (Å²) < 4.78 is 28.0. The van der Waals surface area contributed by atoms with E-state index in [1.165, 1.54) is 49.2 Å². The fraction of sp³-hybridized carbons (Fsp3) is 0.296. The molecule has 0 aliphatic carbocycles. The Balaban J connectivity index is 1.48. The Labute approximate surface area is 212 Å². The molecule has 1 unspecified atom stereocenters. The smallest absolute Gasteiger partial charge is 0.264 e. The zero-order valence-electron chi connectivity index (χ0n) is 19.7. The van der Waals surface area contributed by atoms with Crippen molar-refractivity contribution in [2.75, 3.05) is 28.8 Å². The van der Waals surface area contributed by atoms with Gasteiger partial charge in [-0.1, -0.05) is 41.9 Å². The van der Waals surface area contributed by atoms with E-state index < -0.39 is 10.0 Å². The van der Waals surface area contributed by atoms with Gasteiger partial charge in [-0.15, -0.1) is 0 Å². The first-order valence-electron chi connectivity index (χ1n) is 11.8. The van der Waals surface area contributed by atoms with Crippen molar-refractivity contribution >= 4 is 38.9 Å². The molecule has 35 heavy (non-hydrogen) atoms. The van der Waals surface area contributed by atoms with Crippen molar-refractivity contribution in [3.63, 3.8) is 0 Å². The van der Waals surface area contributed by atoms with Crippen LogP contribution >= 0.6 is 11.6 Å². The highest BCUT2D eigenvalue weighted by atomic mass is 35.5. The van der Waals surface area contributed by atoms with Crippen LogP contribution in [0.3, 0.4) is 0 Å². The predicted octanol–water partition coefficient (Wildman–Crippen LogP) is 5.40. The van der Waals surface area contributed by atoms with Gasteiger partial charge in [-0.3, -0.25) is 9.10 Å². The van der Waals surface area contributed by atoms with E-state index in [0.717, 1.165) is 23.0 Å². The number of amides is 1. The van der Waals surface area contributed by atoms with Crippen LogP contribution in [0, 0.1) is 0 Å². The largest absolute Gasteiger partial charge is 0.372 e. The molecule has 4 rings (SSSR count). The van der Waals surface area contributed by atoms with Crippen molar-refractivity contribution in [2.24, 2.45) is 0 Å². The summed E-state index contributed by atoms with van der Waals surface area (Å²) >= 11 is 5.94. The number of anilines is 2. The van der Waals surface area contributed by atoms with Gasteiger partial charge in [-0.2, -0.15) is 0 Å². The Morgan fingerprint density at radius 2 is 1.57 bits per heavy atom. The van der Waals surface area contributed by atoms with E-state index in [0.29, 0.717) is 10.7 Å². The topological polar surface area (TPSA) is 69.7 Å². The maximum atomic E-state index is 13.4. The van der Waals surface area contributed by atoms with E-state index in [4.69, 9.17) is 11.6 Å². The number of carbonyl (C=O) groups excluding carboxylic acids is 1. The van der Waals surface area contributed by atoms with Gasteiger partial charge in [0.2, 0.25) is 5.91 Å². The van der Waals surface area contributed by atoms with E-state index in [1.54, 1.807) is 30.3 Å². The molecule has 1 heterocycles. The second-order valence-electron chi connectivity index (χ2n) is 8.73. The molecule has 184 valence electrons. The number of benzene rings is 3. The van der Waals surface area contributed by atoms with Crippen molar-refractivity contribution in [1.29, 1.82) is 0 Å². The highest BCUT2D eigenvalue weighted by Gasteiger charge is 2.27. The van der Waals surface area contributed by atoms with E-state index in [-0.39, 0.29) is 23.4 Å². The summed E-state index contributed by atoms with van der Waals surface area (Å²) in [4.78, 5) is 15.5. The monoisotopic (exact) mass is 511 g/mol. The van der Waals surface area contributed by atoms with Gasteiger partial charge in [0.15, 0.2) is 0 Å². The third kappa shape index (κ3) is 6.16. The second kappa shape index (κ2) is 11.1. The lowest BCUT2D eigenvalue weighted by atomic mass is 10.1. The molecule has 3 aromatic rings. The first kappa shape index (κ1) is 25.1. The Kier molecular flexibility index (Phi) is 7.98. The van der Waals surface area contributed by atoms with E-state index in [9.17, 15) is 13.2 Å². The first-order valence-corrected chi connectivity index (χ1v) is 13.6. The minimum absolute atomic E-state index is 0.0694. The number of nitrogens with one attached hydrogen (secondary N) is 1. The standard InChI is InChI=1S/C27H30ClN3O3S/c1-21(22-10-14-24(15-11-22)30-18-6-3-7-19-30)29-27(32)20-31(25-8-4-2-5-9-25)35(33,34)26-16-12-23(28)13-17-26/h2,4-5,8-17,21H,3,6-7,18-20H2,1H3,(H,29,32). The Hall–Kier alpha value is -3.03. The average molecular weight is 512 g/mol. The van der Waals surface area contributed by atoms with Crippen LogP contribution in [0.2, 0.25) is 5.02 Å². The van der Waals surface area contributed by atoms with Crippen LogP contribution in [-0.2, 0) is 14.8 Å². The zero-order chi connectivity index (χ0) is 24.8. The molecule has 1 N–H and O–H groups in total. The molecule has 0 spiro atoms. The maximum absolute atomic E-state index is 13.4. The van der Waals surface area contributed by atoms with Gasteiger partial charge in [-0.25, -0.2) is 8.42 Å². The number of carbonyl (C=O) groups is 1. The summed E-state index contributed by atoms with van der Waals surface area (Å²) in [5, 5.41) is 3.39. The zero-order valence-corrected chi connectivity index (χ0v) is 21.3. The molecule has 6 nitrogen and oxygen atoms in total. The summed E-state index contributed by atoms with van der Waals surface area (Å²) in [6, 6.07) is 22.5. The molecule has 1 saturated heterocycles. The number of para-hydroxylation sites is 1. The molecule has 0 saturated carbocycles. The number of sulfonamides is 1. The van der Waals surface area contributed by atoms with Crippen LogP contribution in [0.4, 0.5) is 11.4 Å². The molecule has 0 radical (unpaired) electrons. The number of piperidine rings is 1. The van der Waals surface area contributed by atoms with E-state index in [2.05, 4.69) is 22.3 Å². The van der Waals surface area contributed by atoms with Gasteiger partial charge in [0.05, 0.1) is 16.6 Å². The van der Waals surface area contributed by atoms with Crippen LogP contribution in [0.5, 0.6) is 0 Å². The van der Waals surface area contributed by atoms with Crippen LogP contribution in [0.1, 0.15) is 37.8 Å². The van der Waals surface area contributed by atoms with Crippen molar-refractivity contribution in [3.8, 4) is 0 Å². The first-order chi connectivity index (χ1) is 16.8. The second-order valence-corrected chi connectivity index (χ2v) is 11.0. The van der Waals surface area contributed by atoms with Crippen molar-refractivity contribution < 1.29 is 13.2 Å². The molecule has 0 bridgehead atoms. The molecular weight excluding hydrogens is 482 g/mol. The lowest BCUT2D eigenvalue weighted by Crippen LogP contribution is -2.41. The fourth-order valence-corrected chi connectivity index (χ4v) is 5.82. The molecular formula is C27H30ClN3O3S. The third-order valence-corrected chi connectivity index (χ3v) is 8.26. The molecule has 0 aromatic heterocycles. The molecule has 1 aliphatic rings. The third-order valence-electron chi connectivity index (χ3n) is 6.22. The summed E-state index contributed by atoms with van der Waals surface area (Å²) in [5.74, 6) is -0.390. The van der Waals surface area contributed by atoms with Crippen molar-refractivity contribution in [2.45, 2.75) is 37.1 Å². The van der Waals surface area contributed by atoms with Gasteiger partial charge in [0.1, 0.15) is 6.54 Å². The van der Waals surface area contributed by atoms with Crippen LogP contribution in [-0.4, -0.2) is 34.0 Å². The lowest BCUT2D eigenvalue weighted by molar-refractivity contribution is -0.120. The minimum atomic E-state index is -3.98. The highest BCUT2D eigenvalue weighted by molar-refractivity contribution is 7.92.